The molecule has 5 rings (SSSR count). The number of ether oxygens (including phenoxy) is 1. The number of nitrogens with zero attached hydrogens (tertiary/aromatic N) is 2. The van der Waals surface area contributed by atoms with E-state index in [4.69, 9.17) is 4.74 Å². The Balaban J connectivity index is 1.40. The number of nitrogens with one attached hydrogen (secondary N) is 1. The second kappa shape index (κ2) is 10.6. The molecule has 0 bridgehead atoms. The van der Waals surface area contributed by atoms with Gasteiger partial charge in [0.1, 0.15) is 18.3 Å². The van der Waals surface area contributed by atoms with E-state index in [2.05, 4.69) is 5.32 Å². The SMILES string of the molecule is COc1cccc(CN(C(=O)CN2C(=O)c3cccc4cccc2c34)C(C)C(=O)NC2CCCCC2)c1. The first kappa shape index (κ1) is 24.8. The molecule has 1 fully saturated rings. The maximum absolute atomic E-state index is 13.8. The van der Waals surface area contributed by atoms with Crippen LogP contribution in [-0.4, -0.2) is 48.4 Å². The Kier molecular flexibility index (Phi) is 7.12. The van der Waals surface area contributed by atoms with Crippen molar-refractivity contribution in [1.29, 1.82) is 0 Å². The van der Waals surface area contributed by atoms with E-state index in [0.717, 1.165) is 47.7 Å². The summed E-state index contributed by atoms with van der Waals surface area (Å²) in [6, 6.07) is 18.3. The van der Waals surface area contributed by atoms with E-state index in [0.29, 0.717) is 11.3 Å². The summed E-state index contributed by atoms with van der Waals surface area (Å²) in [6.07, 6.45) is 5.34. The van der Waals surface area contributed by atoms with Crippen molar-refractivity contribution in [2.45, 2.75) is 57.7 Å². The maximum atomic E-state index is 13.8. The smallest absolute Gasteiger partial charge is 0.259 e. The molecule has 1 aliphatic carbocycles. The Labute approximate surface area is 217 Å². The molecular formula is C30H33N3O4. The highest BCUT2D eigenvalue weighted by Gasteiger charge is 2.34. The van der Waals surface area contributed by atoms with Crippen LogP contribution in [0.5, 0.6) is 5.75 Å². The van der Waals surface area contributed by atoms with E-state index in [-0.39, 0.29) is 36.9 Å². The topological polar surface area (TPSA) is 79.0 Å². The molecule has 1 saturated carbocycles. The van der Waals surface area contributed by atoms with Crippen LogP contribution in [0.2, 0.25) is 0 Å². The standard InChI is InChI=1S/C30H33N3O4/c1-20(29(35)31-23-12-4-3-5-13-23)32(18-21-9-6-14-24(17-21)37-2)27(34)19-33-26-16-8-11-22-10-7-15-25(28(22)26)30(33)36/h6-11,14-17,20,23H,3-5,12-13,18-19H2,1-2H3,(H,31,35). The highest BCUT2D eigenvalue weighted by molar-refractivity contribution is 6.26. The van der Waals surface area contributed by atoms with Crippen molar-refractivity contribution >= 4 is 34.2 Å². The van der Waals surface area contributed by atoms with Gasteiger partial charge in [0, 0.05) is 23.5 Å². The minimum absolute atomic E-state index is 0.141. The molecular weight excluding hydrogens is 466 g/mol. The fourth-order valence-electron chi connectivity index (χ4n) is 5.48. The molecule has 2 aliphatic rings. The van der Waals surface area contributed by atoms with E-state index in [1.807, 2.05) is 54.6 Å². The Morgan fingerprint density at radius 3 is 2.54 bits per heavy atom. The zero-order valence-corrected chi connectivity index (χ0v) is 21.4. The van der Waals surface area contributed by atoms with E-state index in [9.17, 15) is 14.4 Å². The van der Waals surface area contributed by atoms with Gasteiger partial charge in [-0.15, -0.1) is 0 Å². The number of anilines is 1. The van der Waals surface area contributed by atoms with Gasteiger partial charge in [-0.2, -0.15) is 0 Å². The summed E-state index contributed by atoms with van der Waals surface area (Å²) >= 11 is 0. The Morgan fingerprint density at radius 1 is 1.05 bits per heavy atom. The number of methoxy groups -OCH3 is 1. The van der Waals surface area contributed by atoms with Crippen molar-refractivity contribution in [3.8, 4) is 5.75 Å². The monoisotopic (exact) mass is 499 g/mol. The predicted octanol–water partition coefficient (Wildman–Crippen LogP) is 4.67. The van der Waals surface area contributed by atoms with Gasteiger partial charge in [-0.1, -0.05) is 55.7 Å². The first-order valence-electron chi connectivity index (χ1n) is 13.0. The second-order valence-corrected chi connectivity index (χ2v) is 9.96. The number of carbonyl (C=O) groups is 3. The quantitative estimate of drug-likeness (QED) is 0.488. The van der Waals surface area contributed by atoms with Gasteiger partial charge >= 0.3 is 0 Å². The average Bonchev–Trinajstić information content (AvgIpc) is 3.20. The number of hydrogen-bond acceptors (Lipinski definition) is 4. The van der Waals surface area contributed by atoms with Crippen LogP contribution in [0.25, 0.3) is 10.8 Å². The molecule has 7 nitrogen and oxygen atoms in total. The molecule has 3 aromatic carbocycles. The van der Waals surface area contributed by atoms with Gasteiger partial charge in [-0.3, -0.25) is 19.3 Å². The lowest BCUT2D eigenvalue weighted by atomic mass is 9.95. The van der Waals surface area contributed by atoms with E-state index in [1.165, 1.54) is 11.3 Å². The third-order valence-electron chi connectivity index (χ3n) is 7.55. The molecule has 0 radical (unpaired) electrons. The van der Waals surface area contributed by atoms with Crippen molar-refractivity contribution in [2.75, 3.05) is 18.6 Å². The minimum Gasteiger partial charge on any atom is -0.497 e. The van der Waals surface area contributed by atoms with Gasteiger partial charge in [0.2, 0.25) is 11.8 Å². The number of carbonyl (C=O) groups excluding carboxylic acids is 3. The number of rotatable bonds is 8. The molecule has 1 atom stereocenters. The van der Waals surface area contributed by atoms with Crippen LogP contribution >= 0.6 is 0 Å². The third-order valence-corrected chi connectivity index (χ3v) is 7.55. The molecule has 1 aliphatic heterocycles. The Morgan fingerprint density at radius 2 is 1.78 bits per heavy atom. The largest absolute Gasteiger partial charge is 0.497 e. The molecule has 1 unspecified atom stereocenters. The van der Waals surface area contributed by atoms with Crippen molar-refractivity contribution < 1.29 is 19.1 Å². The van der Waals surface area contributed by atoms with Crippen molar-refractivity contribution in [3.63, 3.8) is 0 Å². The zero-order valence-electron chi connectivity index (χ0n) is 21.4. The lowest BCUT2D eigenvalue weighted by molar-refractivity contribution is -0.139. The molecule has 7 heteroatoms. The van der Waals surface area contributed by atoms with Crippen LogP contribution in [0, 0.1) is 0 Å². The summed E-state index contributed by atoms with van der Waals surface area (Å²) in [6.45, 7) is 1.85. The summed E-state index contributed by atoms with van der Waals surface area (Å²) in [5, 5.41) is 4.99. The first-order valence-corrected chi connectivity index (χ1v) is 13.0. The van der Waals surface area contributed by atoms with Gasteiger partial charge in [-0.05, 0) is 55.0 Å². The van der Waals surface area contributed by atoms with Crippen molar-refractivity contribution in [3.05, 3.63) is 71.8 Å². The molecule has 1 N–H and O–H groups in total. The zero-order chi connectivity index (χ0) is 25.9. The molecule has 3 aromatic rings. The highest BCUT2D eigenvalue weighted by atomic mass is 16.5. The van der Waals surface area contributed by atoms with Crippen LogP contribution in [0.3, 0.4) is 0 Å². The summed E-state index contributed by atoms with van der Waals surface area (Å²) in [5.41, 5.74) is 2.18. The lowest BCUT2D eigenvalue weighted by Gasteiger charge is -2.32. The van der Waals surface area contributed by atoms with Crippen molar-refractivity contribution in [1.82, 2.24) is 10.2 Å². The van der Waals surface area contributed by atoms with E-state index < -0.39 is 6.04 Å². The number of amides is 3. The molecule has 0 aromatic heterocycles. The maximum Gasteiger partial charge on any atom is 0.259 e. The number of benzene rings is 3. The molecule has 37 heavy (non-hydrogen) atoms. The fourth-order valence-corrected chi connectivity index (χ4v) is 5.48. The summed E-state index contributed by atoms with van der Waals surface area (Å²) in [5.74, 6) is 0.0374. The van der Waals surface area contributed by atoms with Crippen LogP contribution in [0.15, 0.2) is 60.7 Å². The van der Waals surface area contributed by atoms with Crippen LogP contribution < -0.4 is 15.0 Å². The minimum atomic E-state index is -0.698. The molecule has 3 amide bonds. The summed E-state index contributed by atoms with van der Waals surface area (Å²) in [7, 11) is 1.60. The summed E-state index contributed by atoms with van der Waals surface area (Å²) < 4.78 is 5.36. The van der Waals surface area contributed by atoms with Crippen molar-refractivity contribution in [2.24, 2.45) is 0 Å². The molecule has 192 valence electrons. The van der Waals surface area contributed by atoms with Gasteiger partial charge < -0.3 is 15.0 Å². The van der Waals surface area contributed by atoms with Gasteiger partial charge in [0.15, 0.2) is 0 Å². The van der Waals surface area contributed by atoms with Crippen LogP contribution in [0.1, 0.15) is 54.9 Å². The van der Waals surface area contributed by atoms with E-state index in [1.54, 1.807) is 25.0 Å². The molecule has 1 heterocycles. The van der Waals surface area contributed by atoms with E-state index >= 15 is 0 Å². The van der Waals surface area contributed by atoms with Gasteiger partial charge in [0.05, 0.1) is 12.8 Å². The average molecular weight is 500 g/mol. The number of hydrogen-bond donors (Lipinski definition) is 1. The highest BCUT2D eigenvalue weighted by Crippen LogP contribution is 2.37. The Bertz CT molecular complexity index is 1330. The lowest BCUT2D eigenvalue weighted by Crippen LogP contribution is -2.52. The molecule has 0 spiro atoms. The van der Waals surface area contributed by atoms with Crippen LogP contribution in [0.4, 0.5) is 5.69 Å². The molecule has 0 saturated heterocycles. The second-order valence-electron chi connectivity index (χ2n) is 9.96. The van der Waals surface area contributed by atoms with Crippen LogP contribution in [-0.2, 0) is 16.1 Å². The fraction of sp³-hybridized carbons (Fsp3) is 0.367. The first-order chi connectivity index (χ1) is 18.0. The summed E-state index contributed by atoms with van der Waals surface area (Å²) in [4.78, 5) is 43.5. The van der Waals surface area contributed by atoms with Gasteiger partial charge in [0.25, 0.3) is 5.91 Å². The predicted molar refractivity (Wildman–Crippen MR) is 144 cm³/mol. The van der Waals surface area contributed by atoms with Gasteiger partial charge in [-0.25, -0.2) is 0 Å². The third kappa shape index (κ3) is 5.03. The normalized spacial score (nSPS) is 16.1. The Hall–Kier alpha value is -3.87.